The van der Waals surface area contributed by atoms with Crippen molar-refractivity contribution in [2.24, 2.45) is 5.84 Å². The third-order valence-electron chi connectivity index (χ3n) is 2.27. The molecule has 0 radical (unpaired) electrons. The highest BCUT2D eigenvalue weighted by molar-refractivity contribution is 7.09. The Kier molecular flexibility index (Phi) is 5.61. The van der Waals surface area contributed by atoms with Crippen LogP contribution in [0.5, 0.6) is 0 Å². The Morgan fingerprint density at radius 2 is 2.40 bits per heavy atom. The monoisotopic (exact) mass is 224 g/mol. The molecule has 1 rings (SSSR count). The lowest BCUT2D eigenvalue weighted by atomic mass is 10.1. The number of hydrogen-bond acceptors (Lipinski definition) is 3. The predicted molar refractivity (Wildman–Crippen MR) is 67.8 cm³/mol. The molecule has 0 bridgehead atoms. The van der Waals surface area contributed by atoms with E-state index in [1.165, 1.54) is 16.9 Å². The SMILES string of the molecule is CC(C)=CC(CCCc1cccs1)NN. The van der Waals surface area contributed by atoms with E-state index in [4.69, 9.17) is 5.84 Å². The highest BCUT2D eigenvalue weighted by Crippen LogP contribution is 2.13. The van der Waals surface area contributed by atoms with Crippen LogP contribution in [-0.4, -0.2) is 6.04 Å². The topological polar surface area (TPSA) is 38.0 Å². The Bertz CT molecular complexity index is 287. The molecule has 2 nitrogen and oxygen atoms in total. The lowest BCUT2D eigenvalue weighted by Crippen LogP contribution is -2.33. The first kappa shape index (κ1) is 12.4. The number of aryl methyl sites for hydroxylation is 1. The zero-order chi connectivity index (χ0) is 11.1. The summed E-state index contributed by atoms with van der Waals surface area (Å²) < 4.78 is 0. The van der Waals surface area contributed by atoms with E-state index in [2.05, 4.69) is 42.9 Å². The van der Waals surface area contributed by atoms with Gasteiger partial charge in [0.05, 0.1) is 0 Å². The molecule has 1 aromatic rings. The van der Waals surface area contributed by atoms with Gasteiger partial charge < -0.3 is 0 Å². The van der Waals surface area contributed by atoms with Crippen molar-refractivity contribution in [1.29, 1.82) is 0 Å². The van der Waals surface area contributed by atoms with Crippen molar-refractivity contribution >= 4 is 11.3 Å². The van der Waals surface area contributed by atoms with Gasteiger partial charge in [-0.3, -0.25) is 11.3 Å². The smallest absolute Gasteiger partial charge is 0.0393 e. The normalized spacial score (nSPS) is 12.5. The van der Waals surface area contributed by atoms with Crippen molar-refractivity contribution in [3.63, 3.8) is 0 Å². The van der Waals surface area contributed by atoms with Crippen molar-refractivity contribution < 1.29 is 0 Å². The molecular formula is C12H20N2S. The summed E-state index contributed by atoms with van der Waals surface area (Å²) in [6.07, 6.45) is 5.62. The number of thiophene rings is 1. The van der Waals surface area contributed by atoms with E-state index in [9.17, 15) is 0 Å². The van der Waals surface area contributed by atoms with E-state index in [1.807, 2.05) is 11.3 Å². The Labute approximate surface area is 96.2 Å². The van der Waals surface area contributed by atoms with Crippen LogP contribution >= 0.6 is 11.3 Å². The summed E-state index contributed by atoms with van der Waals surface area (Å²) in [5, 5.41) is 2.13. The predicted octanol–water partition coefficient (Wildman–Crippen LogP) is 2.87. The number of rotatable bonds is 6. The molecule has 0 saturated heterocycles. The highest BCUT2D eigenvalue weighted by atomic mass is 32.1. The molecule has 3 N–H and O–H groups in total. The maximum atomic E-state index is 5.49. The molecular weight excluding hydrogens is 204 g/mol. The Balaban J connectivity index is 2.26. The van der Waals surface area contributed by atoms with Crippen LogP contribution in [0, 0.1) is 0 Å². The van der Waals surface area contributed by atoms with Crippen LogP contribution in [0.3, 0.4) is 0 Å². The average molecular weight is 224 g/mol. The Morgan fingerprint density at radius 3 is 2.93 bits per heavy atom. The highest BCUT2D eigenvalue weighted by Gasteiger charge is 2.02. The fourth-order valence-electron chi connectivity index (χ4n) is 1.57. The summed E-state index contributed by atoms with van der Waals surface area (Å²) in [5.74, 6) is 5.49. The molecule has 15 heavy (non-hydrogen) atoms. The van der Waals surface area contributed by atoms with Gasteiger partial charge in [-0.2, -0.15) is 0 Å². The minimum absolute atomic E-state index is 0.315. The number of hydrazine groups is 1. The first-order chi connectivity index (χ1) is 7.22. The van der Waals surface area contributed by atoms with Gasteiger partial charge in [-0.15, -0.1) is 11.3 Å². The van der Waals surface area contributed by atoms with Crippen molar-refractivity contribution in [2.45, 2.75) is 39.2 Å². The van der Waals surface area contributed by atoms with Crippen molar-refractivity contribution in [3.05, 3.63) is 34.0 Å². The number of allylic oxidation sites excluding steroid dienone is 1. The molecule has 0 aliphatic rings. The van der Waals surface area contributed by atoms with Crippen LogP contribution in [0.4, 0.5) is 0 Å². The minimum Gasteiger partial charge on any atom is -0.271 e. The van der Waals surface area contributed by atoms with Gasteiger partial charge in [-0.25, -0.2) is 0 Å². The molecule has 3 heteroatoms. The second-order valence-electron chi connectivity index (χ2n) is 3.99. The van der Waals surface area contributed by atoms with Crippen molar-refractivity contribution in [3.8, 4) is 0 Å². The Hall–Kier alpha value is -0.640. The zero-order valence-electron chi connectivity index (χ0n) is 9.49. The maximum Gasteiger partial charge on any atom is 0.0393 e. The fraction of sp³-hybridized carbons (Fsp3) is 0.500. The third kappa shape index (κ3) is 5.11. The maximum absolute atomic E-state index is 5.49. The van der Waals surface area contributed by atoms with Gasteiger partial charge in [-0.05, 0) is 44.6 Å². The van der Waals surface area contributed by atoms with Crippen LogP contribution in [0.25, 0.3) is 0 Å². The fourth-order valence-corrected chi connectivity index (χ4v) is 2.32. The number of hydrogen-bond donors (Lipinski definition) is 2. The van der Waals surface area contributed by atoms with Crippen LogP contribution < -0.4 is 11.3 Å². The lowest BCUT2D eigenvalue weighted by molar-refractivity contribution is 0.553. The second kappa shape index (κ2) is 6.77. The molecule has 0 aromatic carbocycles. The van der Waals surface area contributed by atoms with E-state index >= 15 is 0 Å². The van der Waals surface area contributed by atoms with Gasteiger partial charge in [-0.1, -0.05) is 17.7 Å². The molecule has 0 fully saturated rings. The summed E-state index contributed by atoms with van der Waals surface area (Å²) in [7, 11) is 0. The summed E-state index contributed by atoms with van der Waals surface area (Å²) in [6.45, 7) is 4.20. The van der Waals surface area contributed by atoms with E-state index in [0.717, 1.165) is 12.8 Å². The number of nitrogens with two attached hydrogens (primary N) is 1. The van der Waals surface area contributed by atoms with Crippen molar-refractivity contribution in [1.82, 2.24) is 5.43 Å². The molecule has 0 saturated carbocycles. The third-order valence-corrected chi connectivity index (χ3v) is 3.20. The minimum atomic E-state index is 0.315. The van der Waals surface area contributed by atoms with Gasteiger partial charge >= 0.3 is 0 Å². The molecule has 1 aromatic heterocycles. The van der Waals surface area contributed by atoms with E-state index in [0.29, 0.717) is 6.04 Å². The van der Waals surface area contributed by atoms with E-state index in [1.54, 1.807) is 0 Å². The van der Waals surface area contributed by atoms with Gasteiger partial charge in [0.15, 0.2) is 0 Å². The number of nitrogens with one attached hydrogen (secondary N) is 1. The molecule has 1 atom stereocenters. The summed E-state index contributed by atoms with van der Waals surface area (Å²) in [4.78, 5) is 1.46. The first-order valence-corrected chi connectivity index (χ1v) is 6.24. The van der Waals surface area contributed by atoms with Gasteiger partial charge in [0, 0.05) is 10.9 Å². The molecule has 84 valence electrons. The average Bonchev–Trinajstić information content (AvgIpc) is 2.68. The largest absolute Gasteiger partial charge is 0.271 e. The lowest BCUT2D eigenvalue weighted by Gasteiger charge is -2.11. The molecule has 0 aliphatic heterocycles. The second-order valence-corrected chi connectivity index (χ2v) is 5.02. The van der Waals surface area contributed by atoms with Gasteiger partial charge in [0.25, 0.3) is 0 Å². The van der Waals surface area contributed by atoms with Crippen molar-refractivity contribution in [2.75, 3.05) is 0 Å². The van der Waals surface area contributed by atoms with Crippen LogP contribution in [-0.2, 0) is 6.42 Å². The molecule has 1 heterocycles. The Morgan fingerprint density at radius 1 is 1.60 bits per heavy atom. The first-order valence-electron chi connectivity index (χ1n) is 5.36. The van der Waals surface area contributed by atoms with Crippen LogP contribution in [0.2, 0.25) is 0 Å². The molecule has 0 aliphatic carbocycles. The van der Waals surface area contributed by atoms with Crippen LogP contribution in [0.15, 0.2) is 29.2 Å². The molecule has 0 amide bonds. The van der Waals surface area contributed by atoms with E-state index < -0.39 is 0 Å². The van der Waals surface area contributed by atoms with Crippen LogP contribution in [0.1, 0.15) is 31.6 Å². The summed E-state index contributed by atoms with van der Waals surface area (Å²) >= 11 is 1.83. The molecule has 1 unspecified atom stereocenters. The zero-order valence-corrected chi connectivity index (χ0v) is 10.3. The quantitative estimate of drug-likeness (QED) is 0.443. The summed E-state index contributed by atoms with van der Waals surface area (Å²) in [5.41, 5.74) is 4.15. The summed E-state index contributed by atoms with van der Waals surface area (Å²) in [6, 6.07) is 4.61. The van der Waals surface area contributed by atoms with Gasteiger partial charge in [0.2, 0.25) is 0 Å². The van der Waals surface area contributed by atoms with E-state index in [-0.39, 0.29) is 0 Å². The molecule has 0 spiro atoms. The standard InChI is InChI=1S/C12H20N2S/c1-10(2)9-11(14-13)5-3-6-12-7-4-8-15-12/h4,7-9,11,14H,3,5-6,13H2,1-2H3. The van der Waals surface area contributed by atoms with Gasteiger partial charge in [0.1, 0.15) is 0 Å².